The van der Waals surface area contributed by atoms with Gasteiger partial charge in [0.25, 0.3) is 0 Å². The molecule has 5 nitrogen and oxygen atoms in total. The number of fused-ring (bicyclic) bond motifs is 2. The van der Waals surface area contributed by atoms with Gasteiger partial charge in [0.05, 0.1) is 6.61 Å². The molecule has 0 spiro atoms. The van der Waals surface area contributed by atoms with Gasteiger partial charge >= 0.3 is 5.63 Å². The Balaban J connectivity index is 1.51. The maximum Gasteiger partial charge on any atom is 0.336 e. The average molecular weight is 347 g/mol. The molecule has 2 aromatic carbocycles. The van der Waals surface area contributed by atoms with Gasteiger partial charge in [-0.2, -0.15) is 0 Å². The molecule has 0 unspecified atom stereocenters. The second kappa shape index (κ2) is 6.52. The second-order valence-corrected chi connectivity index (χ2v) is 6.25. The number of carbonyl (C=O) groups excluding carboxylic acids is 1. The van der Waals surface area contributed by atoms with Gasteiger partial charge in [-0.1, -0.05) is 6.07 Å². The summed E-state index contributed by atoms with van der Waals surface area (Å²) in [5.41, 5.74) is 3.57. The maximum atomic E-state index is 12.2. The van der Waals surface area contributed by atoms with Gasteiger partial charge in [0.1, 0.15) is 11.3 Å². The molecule has 4 rings (SSSR count). The van der Waals surface area contributed by atoms with Crippen LogP contribution in [-0.2, 0) is 11.2 Å². The molecule has 1 aliphatic heterocycles. The monoisotopic (exact) mass is 347 g/mol. The quantitative estimate of drug-likeness (QED) is 0.579. The first-order chi connectivity index (χ1) is 12.6. The van der Waals surface area contributed by atoms with Crippen molar-refractivity contribution in [2.45, 2.75) is 13.3 Å². The summed E-state index contributed by atoms with van der Waals surface area (Å²) in [7, 11) is 0. The Morgan fingerprint density at radius 2 is 2.04 bits per heavy atom. The van der Waals surface area contributed by atoms with Crippen molar-refractivity contribution in [2.75, 3.05) is 11.9 Å². The van der Waals surface area contributed by atoms with Crippen molar-refractivity contribution in [3.05, 3.63) is 75.7 Å². The van der Waals surface area contributed by atoms with Crippen molar-refractivity contribution in [3.63, 3.8) is 0 Å². The van der Waals surface area contributed by atoms with Crippen LogP contribution < -0.4 is 15.7 Å². The molecule has 0 atom stereocenters. The highest BCUT2D eigenvalue weighted by molar-refractivity contribution is 6.02. The standard InChI is InChI=1S/C21H17NO4/c1-13-10-21(24)26-19-12-16(4-5-17(13)19)22-20(23)7-3-14-2-6-18-15(11-14)8-9-25-18/h2-7,10-12H,8-9H2,1H3,(H,22,23)/b7-3+. The SMILES string of the molecule is Cc1cc(=O)oc2cc(NC(=O)/C=C/c3ccc4c(c3)CCO4)ccc12. The summed E-state index contributed by atoms with van der Waals surface area (Å²) in [6.45, 7) is 2.56. The van der Waals surface area contributed by atoms with E-state index in [4.69, 9.17) is 9.15 Å². The summed E-state index contributed by atoms with van der Waals surface area (Å²) < 4.78 is 10.7. The van der Waals surface area contributed by atoms with E-state index in [2.05, 4.69) is 5.32 Å². The van der Waals surface area contributed by atoms with Crippen LogP contribution >= 0.6 is 0 Å². The highest BCUT2D eigenvalue weighted by Gasteiger charge is 2.11. The molecule has 5 heteroatoms. The van der Waals surface area contributed by atoms with E-state index in [-0.39, 0.29) is 5.91 Å². The summed E-state index contributed by atoms with van der Waals surface area (Å²) >= 11 is 0. The Kier molecular flexibility index (Phi) is 4.05. The van der Waals surface area contributed by atoms with Gasteiger partial charge in [-0.25, -0.2) is 4.79 Å². The van der Waals surface area contributed by atoms with Crippen molar-refractivity contribution in [1.29, 1.82) is 0 Å². The van der Waals surface area contributed by atoms with E-state index in [1.54, 1.807) is 18.2 Å². The highest BCUT2D eigenvalue weighted by atomic mass is 16.5. The zero-order valence-corrected chi connectivity index (χ0v) is 14.2. The lowest BCUT2D eigenvalue weighted by Crippen LogP contribution is -2.08. The third-order valence-electron chi connectivity index (χ3n) is 4.36. The van der Waals surface area contributed by atoms with Crippen molar-refractivity contribution in [3.8, 4) is 5.75 Å². The summed E-state index contributed by atoms with van der Waals surface area (Å²) in [4.78, 5) is 23.7. The number of ether oxygens (including phenoxy) is 1. The normalized spacial score (nSPS) is 13.0. The number of hydrogen-bond acceptors (Lipinski definition) is 4. The van der Waals surface area contributed by atoms with E-state index in [1.807, 2.05) is 31.2 Å². The molecular formula is C21H17NO4. The van der Waals surface area contributed by atoms with Crippen molar-refractivity contribution in [2.24, 2.45) is 0 Å². The first-order valence-electron chi connectivity index (χ1n) is 8.38. The van der Waals surface area contributed by atoms with Crippen molar-refractivity contribution in [1.82, 2.24) is 0 Å². The molecule has 1 amide bonds. The first-order valence-corrected chi connectivity index (χ1v) is 8.38. The van der Waals surface area contributed by atoms with Crippen LogP contribution in [0.3, 0.4) is 0 Å². The Bertz CT molecular complexity index is 1090. The minimum absolute atomic E-state index is 0.254. The minimum Gasteiger partial charge on any atom is -0.493 e. The third kappa shape index (κ3) is 3.24. The fourth-order valence-corrected chi connectivity index (χ4v) is 3.07. The van der Waals surface area contributed by atoms with E-state index in [0.717, 1.165) is 34.2 Å². The maximum absolute atomic E-state index is 12.2. The summed E-state index contributed by atoms with van der Waals surface area (Å²) in [6, 6.07) is 12.6. The third-order valence-corrected chi connectivity index (χ3v) is 4.36. The summed E-state index contributed by atoms with van der Waals surface area (Å²) in [6.07, 6.45) is 4.14. The van der Waals surface area contributed by atoms with Crippen LogP contribution in [-0.4, -0.2) is 12.5 Å². The Morgan fingerprint density at radius 1 is 1.15 bits per heavy atom. The lowest BCUT2D eigenvalue weighted by atomic mass is 10.1. The Hall–Kier alpha value is -3.34. The van der Waals surface area contributed by atoms with Gasteiger partial charge in [0.2, 0.25) is 5.91 Å². The van der Waals surface area contributed by atoms with Gasteiger partial charge in [-0.15, -0.1) is 0 Å². The molecule has 26 heavy (non-hydrogen) atoms. The van der Waals surface area contributed by atoms with Crippen LogP contribution in [0.1, 0.15) is 16.7 Å². The average Bonchev–Trinajstić information content (AvgIpc) is 3.07. The number of amides is 1. The zero-order valence-electron chi connectivity index (χ0n) is 14.2. The number of carbonyl (C=O) groups is 1. The molecule has 0 radical (unpaired) electrons. The summed E-state index contributed by atoms with van der Waals surface area (Å²) in [5, 5.41) is 3.63. The van der Waals surface area contributed by atoms with Gasteiger partial charge in [0, 0.05) is 35.7 Å². The zero-order chi connectivity index (χ0) is 18.1. The molecule has 0 aliphatic carbocycles. The molecule has 1 aliphatic rings. The molecule has 0 fully saturated rings. The Labute approximate surface area is 149 Å². The topological polar surface area (TPSA) is 68.5 Å². The number of nitrogens with one attached hydrogen (secondary N) is 1. The van der Waals surface area contributed by atoms with E-state index in [9.17, 15) is 9.59 Å². The van der Waals surface area contributed by atoms with E-state index in [1.165, 1.54) is 12.1 Å². The first kappa shape index (κ1) is 16.1. The second-order valence-electron chi connectivity index (χ2n) is 6.25. The fourth-order valence-electron chi connectivity index (χ4n) is 3.07. The van der Waals surface area contributed by atoms with Crippen molar-refractivity contribution < 1.29 is 13.9 Å². The van der Waals surface area contributed by atoms with Crippen LogP contribution in [0.2, 0.25) is 0 Å². The lowest BCUT2D eigenvalue weighted by molar-refractivity contribution is -0.111. The van der Waals surface area contributed by atoms with Gasteiger partial charge in [0.15, 0.2) is 0 Å². The highest BCUT2D eigenvalue weighted by Crippen LogP contribution is 2.26. The fraction of sp³-hybridized carbons (Fsp3) is 0.143. The predicted octanol–water partition coefficient (Wildman–Crippen LogP) is 3.69. The molecule has 2 heterocycles. The number of hydrogen-bond donors (Lipinski definition) is 1. The lowest BCUT2D eigenvalue weighted by Gasteiger charge is -2.05. The van der Waals surface area contributed by atoms with E-state index < -0.39 is 5.63 Å². The van der Waals surface area contributed by atoms with E-state index in [0.29, 0.717) is 17.9 Å². The molecule has 130 valence electrons. The number of anilines is 1. The van der Waals surface area contributed by atoms with Crippen LogP contribution in [0.15, 0.2) is 57.8 Å². The van der Waals surface area contributed by atoms with Crippen LogP contribution in [0.25, 0.3) is 17.0 Å². The minimum atomic E-state index is -0.404. The molecular weight excluding hydrogens is 330 g/mol. The molecule has 1 N–H and O–H groups in total. The van der Waals surface area contributed by atoms with Crippen LogP contribution in [0.5, 0.6) is 5.75 Å². The number of rotatable bonds is 3. The Morgan fingerprint density at radius 3 is 2.92 bits per heavy atom. The predicted molar refractivity (Wildman–Crippen MR) is 101 cm³/mol. The molecule has 3 aromatic rings. The number of benzene rings is 2. The van der Waals surface area contributed by atoms with Crippen molar-refractivity contribution >= 4 is 28.6 Å². The largest absolute Gasteiger partial charge is 0.493 e. The molecule has 0 saturated heterocycles. The summed E-state index contributed by atoms with van der Waals surface area (Å²) in [5.74, 6) is 0.663. The van der Waals surface area contributed by atoms with Gasteiger partial charge in [-0.05, 0) is 54.0 Å². The van der Waals surface area contributed by atoms with Gasteiger partial charge < -0.3 is 14.5 Å². The molecule has 0 saturated carbocycles. The van der Waals surface area contributed by atoms with Gasteiger partial charge in [-0.3, -0.25) is 4.79 Å². The van der Waals surface area contributed by atoms with Crippen LogP contribution in [0, 0.1) is 6.92 Å². The molecule has 0 bridgehead atoms. The smallest absolute Gasteiger partial charge is 0.336 e. The van der Waals surface area contributed by atoms with E-state index >= 15 is 0 Å². The van der Waals surface area contributed by atoms with Crippen LogP contribution in [0.4, 0.5) is 5.69 Å². The number of aryl methyl sites for hydroxylation is 1. The molecule has 1 aromatic heterocycles.